The Balaban J connectivity index is 1.96. The zero-order chi connectivity index (χ0) is 19.3. The molecule has 0 aliphatic heterocycles. The third-order valence-corrected chi connectivity index (χ3v) is 3.72. The molecule has 1 N–H and O–H groups in total. The summed E-state index contributed by atoms with van der Waals surface area (Å²) in [5, 5.41) is 13.3. The van der Waals surface area contributed by atoms with Gasteiger partial charge in [-0.2, -0.15) is 0 Å². The van der Waals surface area contributed by atoms with Gasteiger partial charge >= 0.3 is 0 Å². The Morgan fingerprint density at radius 2 is 1.69 bits per heavy atom. The van der Waals surface area contributed by atoms with E-state index in [2.05, 4.69) is 5.32 Å². The van der Waals surface area contributed by atoms with Crippen molar-refractivity contribution in [2.24, 2.45) is 0 Å². The summed E-state index contributed by atoms with van der Waals surface area (Å²) in [6.07, 6.45) is -0.795. The van der Waals surface area contributed by atoms with Gasteiger partial charge in [0.2, 0.25) is 5.91 Å². The van der Waals surface area contributed by atoms with E-state index in [-0.39, 0.29) is 17.5 Å². The molecule has 0 aromatic heterocycles. The minimum absolute atomic E-state index is 0.0509. The van der Waals surface area contributed by atoms with Crippen molar-refractivity contribution in [1.82, 2.24) is 0 Å². The molecule has 0 aliphatic rings. The zero-order valence-corrected chi connectivity index (χ0v) is 14.6. The molecule has 136 valence electrons. The van der Waals surface area contributed by atoms with E-state index in [4.69, 9.17) is 4.74 Å². The van der Waals surface area contributed by atoms with Crippen LogP contribution in [0.15, 0.2) is 48.5 Å². The van der Waals surface area contributed by atoms with Crippen molar-refractivity contribution < 1.29 is 19.2 Å². The summed E-state index contributed by atoms with van der Waals surface area (Å²) >= 11 is 0. The van der Waals surface area contributed by atoms with Crippen molar-refractivity contribution in [3.63, 3.8) is 0 Å². The van der Waals surface area contributed by atoms with Crippen LogP contribution in [-0.4, -0.2) is 29.9 Å². The van der Waals surface area contributed by atoms with Crippen LogP contribution >= 0.6 is 0 Å². The van der Waals surface area contributed by atoms with Gasteiger partial charge in [0.05, 0.1) is 4.92 Å². The lowest BCUT2D eigenvalue weighted by Gasteiger charge is -2.17. The lowest BCUT2D eigenvalue weighted by molar-refractivity contribution is -0.384. The number of hydrogen-bond acceptors (Lipinski definition) is 5. The number of nitrogens with zero attached hydrogens (tertiary/aromatic N) is 2. The highest BCUT2D eigenvalue weighted by molar-refractivity contribution is 5.95. The van der Waals surface area contributed by atoms with Gasteiger partial charge in [0.25, 0.3) is 11.6 Å². The largest absolute Gasteiger partial charge is 0.481 e. The van der Waals surface area contributed by atoms with Gasteiger partial charge in [-0.15, -0.1) is 0 Å². The van der Waals surface area contributed by atoms with Crippen LogP contribution in [0, 0.1) is 10.1 Å². The lowest BCUT2D eigenvalue weighted by Crippen LogP contribution is -2.30. The van der Waals surface area contributed by atoms with Gasteiger partial charge in [-0.25, -0.2) is 0 Å². The van der Waals surface area contributed by atoms with Crippen LogP contribution in [0.3, 0.4) is 0 Å². The quantitative estimate of drug-likeness (QED) is 0.632. The molecule has 8 nitrogen and oxygen atoms in total. The fourth-order valence-electron chi connectivity index (χ4n) is 2.10. The first-order valence-corrected chi connectivity index (χ1v) is 7.84. The SMILES string of the molecule is CC(=O)N(C)c1ccc(NC(=O)C(C)Oc2ccc([N+](=O)[O-])cc2)cc1. The Labute approximate surface area is 150 Å². The molecule has 2 amide bonds. The van der Waals surface area contributed by atoms with Gasteiger partial charge in [-0.1, -0.05) is 0 Å². The summed E-state index contributed by atoms with van der Waals surface area (Å²) in [5.41, 5.74) is 1.23. The molecule has 0 radical (unpaired) electrons. The molecule has 1 atom stereocenters. The number of ether oxygens (including phenoxy) is 1. The highest BCUT2D eigenvalue weighted by atomic mass is 16.6. The summed E-state index contributed by atoms with van der Waals surface area (Å²) in [4.78, 5) is 35.2. The first kappa shape index (κ1) is 18.9. The minimum Gasteiger partial charge on any atom is -0.481 e. The summed E-state index contributed by atoms with van der Waals surface area (Å²) < 4.78 is 5.49. The van der Waals surface area contributed by atoms with Crippen LogP contribution in [0.2, 0.25) is 0 Å². The van der Waals surface area contributed by atoms with Crippen molar-refractivity contribution in [3.8, 4) is 5.75 Å². The Morgan fingerprint density at radius 3 is 2.19 bits per heavy atom. The van der Waals surface area contributed by atoms with E-state index in [0.717, 1.165) is 0 Å². The third kappa shape index (κ3) is 4.79. The second-order valence-corrected chi connectivity index (χ2v) is 5.63. The van der Waals surface area contributed by atoms with Gasteiger partial charge in [0, 0.05) is 37.5 Å². The molecule has 0 fully saturated rings. The van der Waals surface area contributed by atoms with Gasteiger partial charge in [-0.05, 0) is 43.3 Å². The van der Waals surface area contributed by atoms with Crippen LogP contribution in [-0.2, 0) is 9.59 Å². The monoisotopic (exact) mass is 357 g/mol. The molecule has 1 unspecified atom stereocenters. The van der Waals surface area contributed by atoms with Gasteiger partial charge < -0.3 is 15.0 Å². The maximum atomic E-state index is 12.2. The Morgan fingerprint density at radius 1 is 1.12 bits per heavy atom. The fourth-order valence-corrected chi connectivity index (χ4v) is 2.10. The summed E-state index contributed by atoms with van der Waals surface area (Å²) in [7, 11) is 1.66. The van der Waals surface area contributed by atoms with Crippen molar-refractivity contribution >= 4 is 28.9 Å². The van der Waals surface area contributed by atoms with E-state index < -0.39 is 11.0 Å². The van der Waals surface area contributed by atoms with Crippen LogP contribution in [0.1, 0.15) is 13.8 Å². The van der Waals surface area contributed by atoms with Gasteiger partial charge in [0.1, 0.15) is 5.75 Å². The minimum atomic E-state index is -0.795. The molecule has 2 aromatic carbocycles. The molecule has 0 saturated heterocycles. The summed E-state index contributed by atoms with van der Waals surface area (Å²) in [6.45, 7) is 3.04. The molecular weight excluding hydrogens is 338 g/mol. The highest BCUT2D eigenvalue weighted by Gasteiger charge is 2.16. The molecule has 26 heavy (non-hydrogen) atoms. The second kappa shape index (κ2) is 8.11. The number of carbonyl (C=O) groups is 2. The molecule has 0 saturated carbocycles. The summed E-state index contributed by atoms with van der Waals surface area (Å²) in [6, 6.07) is 12.3. The van der Waals surface area contributed by atoms with Crippen molar-refractivity contribution in [2.45, 2.75) is 20.0 Å². The molecule has 2 rings (SSSR count). The number of hydrogen-bond donors (Lipinski definition) is 1. The van der Waals surface area contributed by atoms with E-state index in [1.165, 1.54) is 36.1 Å². The van der Waals surface area contributed by atoms with Crippen LogP contribution in [0.5, 0.6) is 5.75 Å². The van der Waals surface area contributed by atoms with Gasteiger partial charge in [0.15, 0.2) is 6.10 Å². The number of nitrogens with one attached hydrogen (secondary N) is 1. The molecular formula is C18H19N3O5. The normalized spacial score (nSPS) is 11.3. The van der Waals surface area contributed by atoms with Crippen LogP contribution < -0.4 is 15.0 Å². The number of non-ortho nitro benzene ring substituents is 1. The van der Waals surface area contributed by atoms with E-state index >= 15 is 0 Å². The molecule has 8 heteroatoms. The fraction of sp³-hybridized carbons (Fsp3) is 0.222. The Hall–Kier alpha value is -3.42. The number of nitro benzene ring substituents is 1. The lowest BCUT2D eigenvalue weighted by atomic mass is 10.2. The molecule has 0 heterocycles. The maximum Gasteiger partial charge on any atom is 0.269 e. The number of amides is 2. The third-order valence-electron chi connectivity index (χ3n) is 3.72. The predicted octanol–water partition coefficient (Wildman–Crippen LogP) is 2.98. The first-order chi connectivity index (χ1) is 12.3. The Bertz CT molecular complexity index is 803. The topological polar surface area (TPSA) is 102 Å². The number of benzene rings is 2. The first-order valence-electron chi connectivity index (χ1n) is 7.84. The van der Waals surface area contributed by atoms with Gasteiger partial charge in [-0.3, -0.25) is 19.7 Å². The highest BCUT2D eigenvalue weighted by Crippen LogP contribution is 2.20. The average Bonchev–Trinajstić information content (AvgIpc) is 2.62. The van der Waals surface area contributed by atoms with E-state index in [1.807, 2.05) is 0 Å². The standard InChI is InChI=1S/C18H19N3O5/c1-12(26-17-10-8-16(9-11-17)21(24)25)18(23)19-14-4-6-15(7-5-14)20(3)13(2)22/h4-12H,1-3H3,(H,19,23). The molecule has 2 aromatic rings. The smallest absolute Gasteiger partial charge is 0.269 e. The molecule has 0 bridgehead atoms. The van der Waals surface area contributed by atoms with E-state index in [1.54, 1.807) is 38.2 Å². The Kier molecular flexibility index (Phi) is 5.90. The van der Waals surface area contributed by atoms with E-state index in [0.29, 0.717) is 17.1 Å². The van der Waals surface area contributed by atoms with Crippen LogP contribution in [0.4, 0.5) is 17.1 Å². The summed E-state index contributed by atoms with van der Waals surface area (Å²) in [5.74, 6) is -0.0976. The second-order valence-electron chi connectivity index (χ2n) is 5.63. The van der Waals surface area contributed by atoms with Crippen LogP contribution in [0.25, 0.3) is 0 Å². The molecule has 0 aliphatic carbocycles. The van der Waals surface area contributed by atoms with Crippen molar-refractivity contribution in [1.29, 1.82) is 0 Å². The zero-order valence-electron chi connectivity index (χ0n) is 14.6. The van der Waals surface area contributed by atoms with Crippen molar-refractivity contribution in [3.05, 3.63) is 58.6 Å². The number of carbonyl (C=O) groups excluding carboxylic acids is 2. The van der Waals surface area contributed by atoms with Crippen molar-refractivity contribution in [2.75, 3.05) is 17.3 Å². The van der Waals surface area contributed by atoms with E-state index in [9.17, 15) is 19.7 Å². The maximum absolute atomic E-state index is 12.2. The predicted molar refractivity (Wildman–Crippen MR) is 97.3 cm³/mol. The number of anilines is 2. The number of rotatable bonds is 6. The number of nitro groups is 1. The average molecular weight is 357 g/mol. The molecule has 0 spiro atoms.